The Hall–Kier alpha value is -2.03. The van der Waals surface area contributed by atoms with Gasteiger partial charge in [0.25, 0.3) is 11.5 Å². The smallest absolute Gasteiger partial charge is 0.267 e. The van der Waals surface area contributed by atoms with Gasteiger partial charge in [0.15, 0.2) is 5.65 Å². The number of hydrogen-bond donors (Lipinski definition) is 2. The van der Waals surface area contributed by atoms with Crippen molar-refractivity contribution in [2.75, 3.05) is 18.0 Å². The van der Waals surface area contributed by atoms with Gasteiger partial charge in [-0.15, -0.1) is 0 Å². The first-order valence-corrected chi connectivity index (χ1v) is 7.36. The van der Waals surface area contributed by atoms with Crippen LogP contribution in [-0.4, -0.2) is 50.0 Å². The van der Waals surface area contributed by atoms with Crippen LogP contribution in [0.15, 0.2) is 11.0 Å². The molecule has 2 aromatic heterocycles. The molecule has 3 heterocycles. The van der Waals surface area contributed by atoms with Crippen molar-refractivity contribution in [3.8, 4) is 0 Å². The zero-order valence-electron chi connectivity index (χ0n) is 13.2. The minimum absolute atomic E-state index is 0.00626. The number of fused-ring (bicyclic) bond motifs is 1. The van der Waals surface area contributed by atoms with Crippen molar-refractivity contribution in [1.29, 1.82) is 0 Å². The van der Waals surface area contributed by atoms with Gasteiger partial charge in [0, 0.05) is 13.0 Å². The highest BCUT2D eigenvalue weighted by molar-refractivity contribution is 5.74. The van der Waals surface area contributed by atoms with E-state index in [1.807, 2.05) is 20.8 Å². The molecule has 126 valence electrons. The molecule has 3 rings (SSSR count). The number of rotatable bonds is 1. The lowest BCUT2D eigenvalue weighted by Crippen LogP contribution is -2.50. The highest BCUT2D eigenvalue weighted by Crippen LogP contribution is 2.29. The van der Waals surface area contributed by atoms with Crippen molar-refractivity contribution in [2.24, 2.45) is 0 Å². The zero-order chi connectivity index (χ0) is 17.0. The predicted molar refractivity (Wildman–Crippen MR) is 80.9 cm³/mol. The third-order valence-electron chi connectivity index (χ3n) is 3.75. The van der Waals surface area contributed by atoms with Crippen molar-refractivity contribution < 1.29 is 13.9 Å². The largest absolute Gasteiger partial charge is 0.391 e. The van der Waals surface area contributed by atoms with Gasteiger partial charge in [-0.1, -0.05) is 0 Å². The second-order valence-electron chi connectivity index (χ2n) is 6.95. The summed E-state index contributed by atoms with van der Waals surface area (Å²) in [5.74, 6) is -3.01. The van der Waals surface area contributed by atoms with E-state index in [4.69, 9.17) is 0 Å². The number of hydrogen-bond acceptors (Lipinski definition) is 5. The maximum Gasteiger partial charge on any atom is 0.267 e. The lowest BCUT2D eigenvalue weighted by Gasteiger charge is -2.35. The topological polar surface area (TPSA) is 87.0 Å². The van der Waals surface area contributed by atoms with Crippen molar-refractivity contribution in [2.45, 2.75) is 44.8 Å². The van der Waals surface area contributed by atoms with E-state index in [0.29, 0.717) is 11.0 Å². The molecular weight excluding hydrogens is 308 g/mol. The molecule has 1 unspecified atom stereocenters. The molecule has 1 atom stereocenters. The minimum atomic E-state index is -3.03. The molecule has 1 fully saturated rings. The fourth-order valence-electron chi connectivity index (χ4n) is 2.78. The Morgan fingerprint density at radius 2 is 2.13 bits per heavy atom. The molecule has 2 N–H and O–H groups in total. The first kappa shape index (κ1) is 15.9. The van der Waals surface area contributed by atoms with Crippen LogP contribution in [-0.2, 0) is 5.54 Å². The summed E-state index contributed by atoms with van der Waals surface area (Å²) in [7, 11) is 0. The normalized spacial score (nSPS) is 21.8. The number of aliphatic hydroxyl groups is 1. The van der Waals surface area contributed by atoms with E-state index in [1.165, 1.54) is 11.1 Å². The molecule has 0 amide bonds. The zero-order valence-corrected chi connectivity index (χ0v) is 13.2. The molecular formula is C14H19F2N5O2. The van der Waals surface area contributed by atoms with Gasteiger partial charge in [-0.25, -0.2) is 13.5 Å². The number of anilines is 1. The van der Waals surface area contributed by atoms with Crippen LogP contribution in [0.4, 0.5) is 14.7 Å². The Morgan fingerprint density at radius 3 is 2.74 bits per heavy atom. The van der Waals surface area contributed by atoms with E-state index in [1.54, 1.807) is 4.68 Å². The number of aromatic nitrogens is 4. The quantitative estimate of drug-likeness (QED) is 0.818. The lowest BCUT2D eigenvalue weighted by molar-refractivity contribution is -0.0533. The maximum absolute atomic E-state index is 13.7. The van der Waals surface area contributed by atoms with Crippen LogP contribution in [0.5, 0.6) is 0 Å². The number of aromatic amines is 1. The van der Waals surface area contributed by atoms with Gasteiger partial charge < -0.3 is 10.0 Å². The van der Waals surface area contributed by atoms with Crippen LogP contribution >= 0.6 is 0 Å². The Labute approximate surface area is 130 Å². The fourth-order valence-corrected chi connectivity index (χ4v) is 2.78. The molecule has 23 heavy (non-hydrogen) atoms. The first-order chi connectivity index (χ1) is 10.6. The maximum atomic E-state index is 13.7. The van der Waals surface area contributed by atoms with Crippen LogP contribution in [0.1, 0.15) is 27.2 Å². The molecule has 1 aliphatic rings. The van der Waals surface area contributed by atoms with Gasteiger partial charge in [0.05, 0.1) is 24.4 Å². The van der Waals surface area contributed by atoms with Crippen LogP contribution in [0.3, 0.4) is 0 Å². The molecule has 7 nitrogen and oxygen atoms in total. The molecule has 1 saturated heterocycles. The van der Waals surface area contributed by atoms with Gasteiger partial charge in [0.1, 0.15) is 5.39 Å². The molecule has 0 bridgehead atoms. The number of H-pyrrole nitrogens is 1. The molecule has 0 spiro atoms. The highest BCUT2D eigenvalue weighted by Gasteiger charge is 2.40. The molecule has 1 aliphatic heterocycles. The highest BCUT2D eigenvalue weighted by atomic mass is 19.3. The Kier molecular flexibility index (Phi) is 3.44. The van der Waals surface area contributed by atoms with E-state index in [2.05, 4.69) is 15.1 Å². The number of halogens is 2. The summed E-state index contributed by atoms with van der Waals surface area (Å²) < 4.78 is 28.9. The van der Waals surface area contributed by atoms with Gasteiger partial charge in [-0.2, -0.15) is 10.1 Å². The van der Waals surface area contributed by atoms with Crippen LogP contribution < -0.4 is 10.5 Å². The molecule has 0 aromatic carbocycles. The van der Waals surface area contributed by atoms with Crippen molar-refractivity contribution in [3.63, 3.8) is 0 Å². The molecule has 0 radical (unpaired) electrons. The summed E-state index contributed by atoms with van der Waals surface area (Å²) in [4.78, 5) is 20.2. The standard InChI is InChI=1S/C14H19F2N5O2/c1-13(2,3)21-10-9(5-17-21)11(23)19-12(18-10)20-6-8(22)4-14(15,16)7-20/h5,8,22H,4,6-7H2,1-3H3,(H,18,19,23). The summed E-state index contributed by atoms with van der Waals surface area (Å²) in [6.45, 7) is 5.11. The van der Waals surface area contributed by atoms with Crippen molar-refractivity contribution >= 4 is 17.0 Å². The molecule has 0 aliphatic carbocycles. The SMILES string of the molecule is CC(C)(C)n1ncc2c(=O)[nH]c(N3CC(O)CC(F)(F)C3)nc21. The fraction of sp³-hybridized carbons (Fsp3) is 0.643. The second kappa shape index (κ2) is 4.98. The predicted octanol–water partition coefficient (Wildman–Crippen LogP) is 1.08. The Balaban J connectivity index is 2.10. The van der Waals surface area contributed by atoms with Gasteiger partial charge in [-0.05, 0) is 20.8 Å². The minimum Gasteiger partial charge on any atom is -0.391 e. The average Bonchev–Trinajstić information content (AvgIpc) is 2.80. The number of nitrogens with zero attached hydrogens (tertiary/aromatic N) is 4. The van der Waals surface area contributed by atoms with Gasteiger partial charge in [-0.3, -0.25) is 9.78 Å². The van der Waals surface area contributed by atoms with E-state index in [9.17, 15) is 18.7 Å². The van der Waals surface area contributed by atoms with Crippen LogP contribution in [0.25, 0.3) is 11.0 Å². The number of nitrogens with one attached hydrogen (secondary N) is 1. The Bertz CT molecular complexity index is 793. The van der Waals surface area contributed by atoms with Gasteiger partial charge >= 0.3 is 0 Å². The number of alkyl halides is 2. The lowest BCUT2D eigenvalue weighted by atomic mass is 10.1. The van der Waals surface area contributed by atoms with Crippen molar-refractivity contribution in [1.82, 2.24) is 19.7 Å². The van der Waals surface area contributed by atoms with E-state index in [-0.39, 0.29) is 12.5 Å². The summed E-state index contributed by atoms with van der Waals surface area (Å²) in [5, 5.41) is 14.1. The number of piperidine rings is 1. The monoisotopic (exact) mass is 327 g/mol. The summed E-state index contributed by atoms with van der Waals surface area (Å²) in [5.41, 5.74) is -0.519. The molecule has 9 heteroatoms. The first-order valence-electron chi connectivity index (χ1n) is 7.36. The van der Waals surface area contributed by atoms with Crippen molar-refractivity contribution in [3.05, 3.63) is 16.6 Å². The van der Waals surface area contributed by atoms with Gasteiger partial charge in [0.2, 0.25) is 5.95 Å². The van der Waals surface area contributed by atoms with Crippen LogP contribution in [0.2, 0.25) is 0 Å². The van der Waals surface area contributed by atoms with Crippen LogP contribution in [0, 0.1) is 0 Å². The van der Waals surface area contributed by atoms with E-state index >= 15 is 0 Å². The third kappa shape index (κ3) is 2.92. The number of β-amino-alcohol motifs (C(OH)–C–C–N with tert-alkyl or cyclic N) is 1. The Morgan fingerprint density at radius 1 is 1.43 bits per heavy atom. The number of aliphatic hydroxyl groups excluding tert-OH is 1. The summed E-state index contributed by atoms with van der Waals surface area (Å²) in [6, 6.07) is 0. The second-order valence-corrected chi connectivity index (χ2v) is 6.95. The third-order valence-corrected chi connectivity index (χ3v) is 3.75. The van der Waals surface area contributed by atoms with E-state index in [0.717, 1.165) is 0 Å². The average molecular weight is 327 g/mol. The summed E-state index contributed by atoms with van der Waals surface area (Å²) in [6.07, 6.45) is -0.349. The molecule has 0 saturated carbocycles. The summed E-state index contributed by atoms with van der Waals surface area (Å²) >= 11 is 0. The van der Waals surface area contributed by atoms with E-state index < -0.39 is 36.1 Å². The molecule has 2 aromatic rings.